The quantitative estimate of drug-likeness (QED) is 0.484. The normalized spacial score (nSPS) is 41.9. The molecule has 0 radical (unpaired) electrons. The molecule has 4 fully saturated rings. The summed E-state index contributed by atoms with van der Waals surface area (Å²) in [6.45, 7) is 8.81. The van der Waals surface area contributed by atoms with Gasteiger partial charge in [-0.2, -0.15) is 4.39 Å². The monoisotopic (exact) mass is 442 g/mol. The third kappa shape index (κ3) is 3.99. The van der Waals surface area contributed by atoms with Crippen molar-refractivity contribution >= 4 is 5.69 Å². The van der Waals surface area contributed by atoms with Crippen LogP contribution in [0.1, 0.15) is 78.6 Å². The first-order valence-electron chi connectivity index (χ1n) is 13.5. The van der Waals surface area contributed by atoms with Crippen LogP contribution in [0.4, 0.5) is 10.1 Å². The van der Waals surface area contributed by atoms with Gasteiger partial charge in [0.15, 0.2) is 0 Å². The minimum absolute atomic E-state index is 0.283. The van der Waals surface area contributed by atoms with Crippen molar-refractivity contribution in [3.8, 4) is 0 Å². The number of aromatic nitrogens is 1. The second-order valence-electron chi connectivity index (χ2n) is 11.8. The Bertz CT molecular complexity index is 786. The molecule has 1 N–H and O–H groups in total. The molecule has 1 aromatic rings. The molecule has 0 saturated heterocycles. The lowest BCUT2D eigenvalue weighted by Crippen LogP contribution is -2.50. The molecule has 0 amide bonds. The molecule has 4 saturated carbocycles. The SMILES string of the molecule is CCOC[C@H]1CC[C@@H]2C3CC[C@@]4(C)C(CCC4[C@@H](C)Nc4cccnc4F)[C@@H]3CC[C@@H]2C1. The summed E-state index contributed by atoms with van der Waals surface area (Å²) < 4.78 is 19.9. The highest BCUT2D eigenvalue weighted by Gasteiger charge is 2.57. The third-order valence-corrected chi connectivity index (χ3v) is 10.4. The minimum atomic E-state index is -0.374. The Morgan fingerprint density at radius 3 is 2.78 bits per heavy atom. The molecule has 178 valence electrons. The Balaban J connectivity index is 1.26. The van der Waals surface area contributed by atoms with Gasteiger partial charge in [0.1, 0.15) is 0 Å². The summed E-state index contributed by atoms with van der Waals surface area (Å²) in [5.41, 5.74) is 0.954. The van der Waals surface area contributed by atoms with E-state index in [0.29, 0.717) is 17.0 Å². The Kier molecular flexibility index (Phi) is 6.53. The predicted molar refractivity (Wildman–Crippen MR) is 128 cm³/mol. The fourth-order valence-corrected chi connectivity index (χ4v) is 9.09. The first kappa shape index (κ1) is 22.6. The fraction of sp³-hybridized carbons (Fsp3) is 0.821. The zero-order valence-corrected chi connectivity index (χ0v) is 20.4. The highest BCUT2D eigenvalue weighted by atomic mass is 19.1. The van der Waals surface area contributed by atoms with Crippen LogP contribution in [0.25, 0.3) is 0 Å². The molecule has 0 bridgehead atoms. The van der Waals surface area contributed by atoms with Gasteiger partial charge < -0.3 is 10.1 Å². The first-order valence-corrected chi connectivity index (χ1v) is 13.5. The summed E-state index contributed by atoms with van der Waals surface area (Å²) in [6, 6.07) is 3.93. The summed E-state index contributed by atoms with van der Waals surface area (Å²) in [4.78, 5) is 3.83. The van der Waals surface area contributed by atoms with E-state index in [4.69, 9.17) is 4.74 Å². The zero-order valence-electron chi connectivity index (χ0n) is 20.4. The van der Waals surface area contributed by atoms with Gasteiger partial charge in [-0.3, -0.25) is 0 Å². The van der Waals surface area contributed by atoms with Crippen molar-refractivity contribution in [2.45, 2.75) is 84.6 Å². The molecule has 4 heteroatoms. The average Bonchev–Trinajstić information content (AvgIpc) is 3.16. The van der Waals surface area contributed by atoms with Crippen LogP contribution in [0.2, 0.25) is 0 Å². The van der Waals surface area contributed by atoms with Crippen LogP contribution in [0.5, 0.6) is 0 Å². The van der Waals surface area contributed by atoms with Crippen molar-refractivity contribution in [2.75, 3.05) is 18.5 Å². The number of anilines is 1. The van der Waals surface area contributed by atoms with E-state index in [9.17, 15) is 4.39 Å². The van der Waals surface area contributed by atoms with Crippen LogP contribution >= 0.6 is 0 Å². The fourth-order valence-electron chi connectivity index (χ4n) is 9.09. The molecular weight excluding hydrogens is 399 g/mol. The van der Waals surface area contributed by atoms with E-state index in [2.05, 4.69) is 31.1 Å². The molecule has 3 nitrogen and oxygen atoms in total. The van der Waals surface area contributed by atoms with Gasteiger partial charge in [-0.15, -0.1) is 0 Å². The Hall–Kier alpha value is -1.16. The molecule has 0 aromatic carbocycles. The molecule has 4 aliphatic rings. The first-order chi connectivity index (χ1) is 15.5. The number of hydrogen-bond donors (Lipinski definition) is 1. The maximum Gasteiger partial charge on any atom is 0.236 e. The van der Waals surface area contributed by atoms with E-state index in [1.165, 1.54) is 64.0 Å². The Labute approximate surface area is 194 Å². The molecule has 32 heavy (non-hydrogen) atoms. The second kappa shape index (κ2) is 9.24. The lowest BCUT2D eigenvalue weighted by Gasteiger charge is -2.57. The lowest BCUT2D eigenvalue weighted by molar-refractivity contribution is -0.0738. The van der Waals surface area contributed by atoms with Gasteiger partial charge in [0.2, 0.25) is 5.95 Å². The standard InChI is InChI=1S/C28H43FN2O/c1-4-32-17-19-7-9-21-20(16-19)8-10-23-22(21)13-14-28(3)24(11-12-25(23)28)18(2)31-26-6-5-15-30-27(26)29/h5-6,15,18-25,31H,4,7-14,16-17H2,1-3H3/t18-,19+,20-,21+,22?,23-,24?,25?,28-/m1/s1. The summed E-state index contributed by atoms with van der Waals surface area (Å²) in [7, 11) is 0. The summed E-state index contributed by atoms with van der Waals surface area (Å²) in [5, 5.41) is 3.50. The van der Waals surface area contributed by atoms with Gasteiger partial charge in [0, 0.05) is 25.5 Å². The van der Waals surface area contributed by atoms with E-state index in [0.717, 1.165) is 48.7 Å². The topological polar surface area (TPSA) is 34.1 Å². The van der Waals surface area contributed by atoms with Crippen molar-refractivity contribution in [2.24, 2.45) is 46.8 Å². The van der Waals surface area contributed by atoms with E-state index < -0.39 is 0 Å². The van der Waals surface area contributed by atoms with Gasteiger partial charge in [-0.05, 0) is 131 Å². The largest absolute Gasteiger partial charge is 0.381 e. The molecule has 0 spiro atoms. The van der Waals surface area contributed by atoms with Crippen molar-refractivity contribution in [3.05, 3.63) is 24.3 Å². The number of ether oxygens (including phenoxy) is 1. The van der Waals surface area contributed by atoms with Crippen molar-refractivity contribution in [1.82, 2.24) is 4.98 Å². The Morgan fingerprint density at radius 1 is 1.12 bits per heavy atom. The average molecular weight is 443 g/mol. The van der Waals surface area contributed by atoms with Gasteiger partial charge in [-0.25, -0.2) is 4.98 Å². The van der Waals surface area contributed by atoms with Crippen LogP contribution in [0.15, 0.2) is 18.3 Å². The van der Waals surface area contributed by atoms with Crippen LogP contribution in [0, 0.1) is 52.8 Å². The number of halogens is 1. The molecule has 1 aromatic heterocycles. The second-order valence-corrected chi connectivity index (χ2v) is 11.8. The highest BCUT2D eigenvalue weighted by Crippen LogP contribution is 2.65. The number of nitrogens with one attached hydrogen (secondary N) is 1. The number of nitrogens with zero attached hydrogens (tertiary/aromatic N) is 1. The van der Waals surface area contributed by atoms with Gasteiger partial charge in [-0.1, -0.05) is 6.92 Å². The van der Waals surface area contributed by atoms with Crippen LogP contribution in [-0.4, -0.2) is 24.2 Å². The van der Waals surface area contributed by atoms with E-state index >= 15 is 0 Å². The summed E-state index contributed by atoms with van der Waals surface area (Å²) in [5.74, 6) is 5.70. The lowest BCUT2D eigenvalue weighted by atomic mass is 9.49. The minimum Gasteiger partial charge on any atom is -0.381 e. The molecule has 5 rings (SSSR count). The Morgan fingerprint density at radius 2 is 1.97 bits per heavy atom. The van der Waals surface area contributed by atoms with Crippen LogP contribution in [-0.2, 0) is 4.74 Å². The van der Waals surface area contributed by atoms with Crippen LogP contribution in [0.3, 0.4) is 0 Å². The highest BCUT2D eigenvalue weighted by molar-refractivity contribution is 5.42. The smallest absolute Gasteiger partial charge is 0.236 e. The van der Waals surface area contributed by atoms with Crippen LogP contribution < -0.4 is 5.32 Å². The number of pyridine rings is 1. The van der Waals surface area contributed by atoms with Gasteiger partial charge in [0.05, 0.1) is 5.69 Å². The molecule has 4 aliphatic carbocycles. The van der Waals surface area contributed by atoms with E-state index in [-0.39, 0.29) is 12.0 Å². The molecular formula is C28H43FN2O. The van der Waals surface area contributed by atoms with Crippen molar-refractivity contribution in [1.29, 1.82) is 0 Å². The van der Waals surface area contributed by atoms with Crippen molar-refractivity contribution < 1.29 is 9.13 Å². The summed E-state index contributed by atoms with van der Waals surface area (Å²) >= 11 is 0. The molecule has 9 atom stereocenters. The molecule has 0 aliphatic heterocycles. The molecule has 3 unspecified atom stereocenters. The number of rotatable bonds is 6. The van der Waals surface area contributed by atoms with E-state index in [1.54, 1.807) is 0 Å². The van der Waals surface area contributed by atoms with Gasteiger partial charge >= 0.3 is 0 Å². The van der Waals surface area contributed by atoms with Crippen molar-refractivity contribution in [3.63, 3.8) is 0 Å². The summed E-state index contributed by atoms with van der Waals surface area (Å²) in [6.07, 6.45) is 14.1. The maximum absolute atomic E-state index is 14.2. The predicted octanol–water partition coefficient (Wildman–Crippen LogP) is 6.94. The number of hydrogen-bond acceptors (Lipinski definition) is 3. The molecule has 1 heterocycles. The van der Waals surface area contributed by atoms with Gasteiger partial charge in [0.25, 0.3) is 0 Å². The van der Waals surface area contributed by atoms with E-state index in [1.807, 2.05) is 12.1 Å². The zero-order chi connectivity index (χ0) is 22.3. The maximum atomic E-state index is 14.2. The third-order valence-electron chi connectivity index (χ3n) is 10.4. The number of fused-ring (bicyclic) bond motifs is 5.